The van der Waals surface area contributed by atoms with Crippen molar-refractivity contribution in [1.82, 2.24) is 0 Å². The Labute approximate surface area is 93.5 Å². The van der Waals surface area contributed by atoms with Crippen LogP contribution in [0, 0.1) is 5.82 Å². The molecule has 1 aromatic carbocycles. The zero-order valence-electron chi connectivity index (χ0n) is 9.55. The van der Waals surface area contributed by atoms with E-state index in [4.69, 9.17) is 5.73 Å². The predicted octanol–water partition coefficient (Wildman–Crippen LogP) is 2.56. The molecule has 0 spiro atoms. The van der Waals surface area contributed by atoms with Gasteiger partial charge in [0.1, 0.15) is 11.5 Å². The van der Waals surface area contributed by atoms with Gasteiger partial charge in [-0.1, -0.05) is 6.07 Å². The molecule has 1 rings (SSSR count). The molecule has 0 aliphatic heterocycles. The van der Waals surface area contributed by atoms with Crippen LogP contribution in [0.25, 0.3) is 0 Å². The Morgan fingerprint density at radius 2 is 2.00 bits per heavy atom. The number of carbonyl (C=O) groups excluding carboxylic acids is 1. The molecule has 0 fully saturated rings. The van der Waals surface area contributed by atoms with Crippen LogP contribution in [0.3, 0.4) is 0 Å². The molecule has 1 atom stereocenters. The number of hydrogen-bond acceptors (Lipinski definition) is 2. The van der Waals surface area contributed by atoms with Crippen molar-refractivity contribution in [2.45, 2.75) is 32.5 Å². The first-order valence-corrected chi connectivity index (χ1v) is 5.02. The fraction of sp³-hybridized carbons (Fsp3) is 0.417. The summed E-state index contributed by atoms with van der Waals surface area (Å²) in [5.74, 6) is -1.20. The quantitative estimate of drug-likeness (QED) is 0.806. The van der Waals surface area contributed by atoms with Gasteiger partial charge in [-0.3, -0.25) is 4.79 Å². The SMILES string of the molecule is CC(N)C(=O)c1cc(C(C)(C)F)ccc1F. The molecule has 0 aliphatic carbocycles. The van der Waals surface area contributed by atoms with Gasteiger partial charge in [-0.2, -0.15) is 0 Å². The number of carbonyl (C=O) groups is 1. The summed E-state index contributed by atoms with van der Waals surface area (Å²) >= 11 is 0. The van der Waals surface area contributed by atoms with Crippen LogP contribution in [-0.4, -0.2) is 11.8 Å². The van der Waals surface area contributed by atoms with E-state index in [1.165, 1.54) is 32.9 Å². The fourth-order valence-electron chi connectivity index (χ4n) is 1.33. The maximum absolute atomic E-state index is 13.6. The van der Waals surface area contributed by atoms with Gasteiger partial charge in [0.2, 0.25) is 0 Å². The molecular formula is C12H15F2NO. The Hall–Kier alpha value is -1.29. The van der Waals surface area contributed by atoms with E-state index in [-0.39, 0.29) is 11.1 Å². The van der Waals surface area contributed by atoms with Crippen molar-refractivity contribution in [1.29, 1.82) is 0 Å². The maximum Gasteiger partial charge on any atom is 0.182 e. The van der Waals surface area contributed by atoms with E-state index in [2.05, 4.69) is 0 Å². The molecule has 2 nitrogen and oxygen atoms in total. The molecule has 0 aromatic heterocycles. The van der Waals surface area contributed by atoms with Crippen LogP contribution in [0.5, 0.6) is 0 Å². The summed E-state index contributed by atoms with van der Waals surface area (Å²) in [4.78, 5) is 11.6. The molecule has 0 saturated heterocycles. The summed E-state index contributed by atoms with van der Waals surface area (Å²) in [6.45, 7) is 4.16. The normalized spacial score (nSPS) is 13.6. The molecule has 4 heteroatoms. The van der Waals surface area contributed by atoms with Crippen molar-refractivity contribution in [2.75, 3.05) is 0 Å². The van der Waals surface area contributed by atoms with Gasteiger partial charge in [-0.25, -0.2) is 8.78 Å². The molecular weight excluding hydrogens is 212 g/mol. The van der Waals surface area contributed by atoms with E-state index >= 15 is 0 Å². The van der Waals surface area contributed by atoms with Gasteiger partial charge < -0.3 is 5.73 Å². The van der Waals surface area contributed by atoms with Crippen LogP contribution in [0.4, 0.5) is 8.78 Å². The largest absolute Gasteiger partial charge is 0.321 e. The van der Waals surface area contributed by atoms with Crippen LogP contribution in [0.1, 0.15) is 36.7 Å². The minimum atomic E-state index is -1.61. The van der Waals surface area contributed by atoms with E-state index in [1.807, 2.05) is 0 Å². The third-order valence-corrected chi connectivity index (χ3v) is 2.33. The van der Waals surface area contributed by atoms with Crippen LogP contribution in [0.2, 0.25) is 0 Å². The Kier molecular flexibility index (Phi) is 3.43. The highest BCUT2D eigenvalue weighted by molar-refractivity contribution is 6.00. The van der Waals surface area contributed by atoms with E-state index in [0.717, 1.165) is 6.07 Å². The number of Topliss-reactive ketones (excluding diaryl/α,β-unsaturated/α-hetero) is 1. The summed E-state index contributed by atoms with van der Waals surface area (Å²) < 4.78 is 27.0. The Morgan fingerprint density at radius 1 is 1.44 bits per heavy atom. The van der Waals surface area contributed by atoms with Crippen molar-refractivity contribution >= 4 is 5.78 Å². The zero-order valence-corrected chi connectivity index (χ0v) is 9.55. The maximum atomic E-state index is 13.6. The molecule has 2 N–H and O–H groups in total. The van der Waals surface area contributed by atoms with Crippen molar-refractivity contribution in [3.05, 3.63) is 35.1 Å². The van der Waals surface area contributed by atoms with Gasteiger partial charge in [0.15, 0.2) is 5.78 Å². The molecule has 88 valence electrons. The smallest absolute Gasteiger partial charge is 0.182 e. The average Bonchev–Trinajstić information content (AvgIpc) is 2.15. The molecule has 1 aromatic rings. The third kappa shape index (κ3) is 2.64. The lowest BCUT2D eigenvalue weighted by Gasteiger charge is -2.16. The second-order valence-corrected chi connectivity index (χ2v) is 4.32. The predicted molar refractivity (Wildman–Crippen MR) is 58.5 cm³/mol. The number of hydrogen-bond donors (Lipinski definition) is 1. The Balaban J connectivity index is 3.25. The summed E-state index contributed by atoms with van der Waals surface area (Å²) in [7, 11) is 0. The minimum Gasteiger partial charge on any atom is -0.321 e. The highest BCUT2D eigenvalue weighted by atomic mass is 19.1. The molecule has 0 amide bonds. The highest BCUT2D eigenvalue weighted by Crippen LogP contribution is 2.26. The first-order chi connectivity index (χ1) is 7.23. The third-order valence-electron chi connectivity index (χ3n) is 2.33. The number of halogens is 2. The van der Waals surface area contributed by atoms with Gasteiger partial charge in [-0.05, 0) is 38.5 Å². The highest BCUT2D eigenvalue weighted by Gasteiger charge is 2.23. The minimum absolute atomic E-state index is 0.154. The van der Waals surface area contributed by atoms with Crippen molar-refractivity contribution in [2.24, 2.45) is 5.73 Å². The molecule has 0 radical (unpaired) electrons. The van der Waals surface area contributed by atoms with Gasteiger partial charge in [0, 0.05) is 0 Å². The summed E-state index contributed by atoms with van der Waals surface area (Å²) in [5.41, 5.74) is 3.88. The van der Waals surface area contributed by atoms with Crippen molar-refractivity contribution < 1.29 is 13.6 Å². The van der Waals surface area contributed by atoms with Crippen LogP contribution < -0.4 is 5.73 Å². The van der Waals surface area contributed by atoms with Gasteiger partial charge in [0.05, 0.1) is 11.6 Å². The van der Waals surface area contributed by atoms with Crippen LogP contribution in [0.15, 0.2) is 18.2 Å². The lowest BCUT2D eigenvalue weighted by molar-refractivity contribution is 0.0963. The summed E-state index contributed by atoms with van der Waals surface area (Å²) in [5, 5.41) is 0. The number of alkyl halides is 1. The van der Waals surface area contributed by atoms with E-state index < -0.39 is 23.3 Å². The van der Waals surface area contributed by atoms with Gasteiger partial charge in [-0.15, -0.1) is 0 Å². The first kappa shape index (κ1) is 12.8. The number of rotatable bonds is 3. The number of nitrogens with two attached hydrogens (primary N) is 1. The average molecular weight is 227 g/mol. The Bertz CT molecular complexity index is 408. The number of benzene rings is 1. The molecule has 0 saturated carbocycles. The standard InChI is InChI=1S/C12H15F2NO/c1-7(15)11(16)9-6-8(12(2,3)14)4-5-10(9)13/h4-7H,15H2,1-3H3. The fourth-order valence-corrected chi connectivity index (χ4v) is 1.33. The molecule has 0 bridgehead atoms. The van der Waals surface area contributed by atoms with E-state index in [9.17, 15) is 13.6 Å². The van der Waals surface area contributed by atoms with E-state index in [0.29, 0.717) is 0 Å². The zero-order chi connectivity index (χ0) is 12.5. The lowest BCUT2D eigenvalue weighted by Crippen LogP contribution is -2.28. The molecule has 1 unspecified atom stereocenters. The Morgan fingerprint density at radius 3 is 2.44 bits per heavy atom. The van der Waals surface area contributed by atoms with Crippen LogP contribution in [-0.2, 0) is 5.67 Å². The molecule has 0 aliphatic rings. The monoisotopic (exact) mass is 227 g/mol. The molecule has 16 heavy (non-hydrogen) atoms. The topological polar surface area (TPSA) is 43.1 Å². The number of ketones is 1. The summed E-state index contributed by atoms with van der Waals surface area (Å²) in [6.07, 6.45) is 0. The second kappa shape index (κ2) is 4.29. The molecule has 0 heterocycles. The lowest BCUT2D eigenvalue weighted by atomic mass is 9.95. The van der Waals surface area contributed by atoms with Crippen molar-refractivity contribution in [3.63, 3.8) is 0 Å². The van der Waals surface area contributed by atoms with Gasteiger partial charge >= 0.3 is 0 Å². The van der Waals surface area contributed by atoms with Crippen LogP contribution >= 0.6 is 0 Å². The second-order valence-electron chi connectivity index (χ2n) is 4.32. The van der Waals surface area contributed by atoms with E-state index in [1.54, 1.807) is 0 Å². The summed E-state index contributed by atoms with van der Waals surface area (Å²) in [6, 6.07) is 2.84. The van der Waals surface area contributed by atoms with Crippen molar-refractivity contribution in [3.8, 4) is 0 Å². The first-order valence-electron chi connectivity index (χ1n) is 5.02. The van der Waals surface area contributed by atoms with Gasteiger partial charge in [0.25, 0.3) is 0 Å².